The first-order chi connectivity index (χ1) is 7.50. The molecule has 6 heteroatoms. The molecule has 1 rings (SSSR count). The number of rotatable bonds is 2. The molecule has 0 atom stereocenters. The Bertz CT molecular complexity index is 454. The van der Waals surface area contributed by atoms with Crippen LogP contribution in [0.2, 0.25) is 0 Å². The van der Waals surface area contributed by atoms with Crippen LogP contribution in [0.25, 0.3) is 0 Å². The van der Waals surface area contributed by atoms with Crippen molar-refractivity contribution in [1.29, 1.82) is 0 Å². The molecule has 6 nitrogen and oxygen atoms in total. The molecule has 2 amide bonds. The van der Waals surface area contributed by atoms with Crippen LogP contribution in [-0.2, 0) is 9.59 Å². The molecule has 0 aromatic heterocycles. The molecule has 0 aliphatic carbocycles. The minimum absolute atomic E-state index is 0.0910. The molecule has 0 radical (unpaired) electrons. The number of aromatic hydroxyl groups is 1. The van der Waals surface area contributed by atoms with Gasteiger partial charge in [-0.3, -0.25) is 9.59 Å². The maximum Gasteiger partial charge on any atom is 0.329 e. The van der Waals surface area contributed by atoms with Gasteiger partial charge in [0, 0.05) is 5.56 Å². The lowest BCUT2D eigenvalue weighted by Gasteiger charge is -2.01. The molecule has 0 saturated carbocycles. The molecule has 0 unspecified atom stereocenters. The van der Waals surface area contributed by atoms with Crippen LogP contribution in [0, 0.1) is 0 Å². The minimum atomic E-state index is -1.10. The van der Waals surface area contributed by atoms with E-state index in [9.17, 15) is 14.7 Å². The molecule has 0 fully saturated rings. The van der Waals surface area contributed by atoms with Gasteiger partial charge in [0.15, 0.2) is 0 Å². The van der Waals surface area contributed by atoms with Crippen molar-refractivity contribution in [2.24, 2.45) is 10.8 Å². The van der Waals surface area contributed by atoms with Gasteiger partial charge in [0.25, 0.3) is 0 Å². The van der Waals surface area contributed by atoms with Crippen molar-refractivity contribution in [1.82, 2.24) is 5.43 Å². The predicted octanol–water partition coefficient (Wildman–Crippen LogP) is -0.282. The van der Waals surface area contributed by atoms with E-state index in [1.54, 1.807) is 19.1 Å². The van der Waals surface area contributed by atoms with Crippen molar-refractivity contribution in [2.45, 2.75) is 6.92 Å². The number of carbonyl (C=O) groups excluding carboxylic acids is 2. The van der Waals surface area contributed by atoms with Crippen LogP contribution in [0.15, 0.2) is 29.4 Å². The van der Waals surface area contributed by atoms with Gasteiger partial charge in [0.05, 0.1) is 5.71 Å². The SMILES string of the molecule is CC(=NNC(=O)C(N)=O)c1cccc(O)c1. The second-order valence-electron chi connectivity index (χ2n) is 3.05. The lowest BCUT2D eigenvalue weighted by atomic mass is 10.1. The summed E-state index contributed by atoms with van der Waals surface area (Å²) in [6, 6.07) is 6.34. The number of carbonyl (C=O) groups is 2. The van der Waals surface area contributed by atoms with E-state index in [2.05, 4.69) is 5.10 Å². The zero-order chi connectivity index (χ0) is 12.1. The molecule has 0 saturated heterocycles. The van der Waals surface area contributed by atoms with Crippen molar-refractivity contribution in [3.05, 3.63) is 29.8 Å². The normalized spacial score (nSPS) is 10.9. The summed E-state index contributed by atoms with van der Waals surface area (Å²) in [6.07, 6.45) is 0. The number of hydrogen-bond acceptors (Lipinski definition) is 4. The number of phenolic OH excluding ortho intramolecular Hbond substituents is 1. The van der Waals surface area contributed by atoms with E-state index in [4.69, 9.17) is 5.73 Å². The fraction of sp³-hybridized carbons (Fsp3) is 0.100. The number of hydrogen-bond donors (Lipinski definition) is 3. The summed E-state index contributed by atoms with van der Waals surface area (Å²) in [5, 5.41) is 12.9. The number of nitrogens with one attached hydrogen (secondary N) is 1. The van der Waals surface area contributed by atoms with E-state index in [1.165, 1.54) is 12.1 Å². The third kappa shape index (κ3) is 3.09. The first kappa shape index (κ1) is 11.7. The van der Waals surface area contributed by atoms with Gasteiger partial charge < -0.3 is 10.8 Å². The average Bonchev–Trinajstić information content (AvgIpc) is 2.25. The van der Waals surface area contributed by atoms with Crippen LogP contribution in [0.3, 0.4) is 0 Å². The average molecular weight is 221 g/mol. The van der Waals surface area contributed by atoms with Crippen LogP contribution in [0.1, 0.15) is 12.5 Å². The lowest BCUT2D eigenvalue weighted by Crippen LogP contribution is -2.33. The van der Waals surface area contributed by atoms with Crippen LogP contribution >= 0.6 is 0 Å². The molecule has 1 aromatic carbocycles. The van der Waals surface area contributed by atoms with E-state index < -0.39 is 11.8 Å². The Morgan fingerprint density at radius 2 is 2.12 bits per heavy atom. The van der Waals surface area contributed by atoms with Crippen LogP contribution in [0.4, 0.5) is 0 Å². The van der Waals surface area contributed by atoms with Gasteiger partial charge in [-0.15, -0.1) is 0 Å². The highest BCUT2D eigenvalue weighted by atomic mass is 16.3. The first-order valence-electron chi connectivity index (χ1n) is 4.44. The smallest absolute Gasteiger partial charge is 0.329 e. The van der Waals surface area contributed by atoms with Gasteiger partial charge in [-0.05, 0) is 19.1 Å². The summed E-state index contributed by atoms with van der Waals surface area (Å²) in [4.78, 5) is 21.2. The standard InChI is InChI=1S/C10H11N3O3/c1-6(12-13-10(16)9(11)15)7-3-2-4-8(14)5-7/h2-5,14H,1H3,(H2,11,15)(H,13,16). The molecule has 0 bridgehead atoms. The Labute approximate surface area is 91.8 Å². The number of nitrogens with two attached hydrogens (primary N) is 1. The second kappa shape index (κ2) is 4.92. The van der Waals surface area contributed by atoms with E-state index in [1.807, 2.05) is 5.43 Å². The summed E-state index contributed by atoms with van der Waals surface area (Å²) in [6.45, 7) is 1.62. The Balaban J connectivity index is 2.78. The van der Waals surface area contributed by atoms with Crippen LogP contribution in [0.5, 0.6) is 5.75 Å². The maximum absolute atomic E-state index is 10.8. The van der Waals surface area contributed by atoms with Crippen LogP contribution in [-0.4, -0.2) is 22.6 Å². The largest absolute Gasteiger partial charge is 0.508 e. The summed E-state index contributed by atoms with van der Waals surface area (Å²) < 4.78 is 0. The maximum atomic E-state index is 10.8. The van der Waals surface area contributed by atoms with Gasteiger partial charge in [-0.1, -0.05) is 12.1 Å². The van der Waals surface area contributed by atoms with Gasteiger partial charge in [-0.25, -0.2) is 5.43 Å². The Kier molecular flexibility index (Phi) is 3.60. The number of benzene rings is 1. The zero-order valence-corrected chi connectivity index (χ0v) is 8.60. The number of amides is 2. The molecule has 16 heavy (non-hydrogen) atoms. The topological polar surface area (TPSA) is 105 Å². The van der Waals surface area contributed by atoms with Crippen molar-refractivity contribution >= 4 is 17.5 Å². The van der Waals surface area contributed by atoms with Crippen molar-refractivity contribution < 1.29 is 14.7 Å². The first-order valence-corrected chi connectivity index (χ1v) is 4.44. The molecular weight excluding hydrogens is 210 g/mol. The van der Waals surface area contributed by atoms with Gasteiger partial charge in [0.1, 0.15) is 5.75 Å². The highest BCUT2D eigenvalue weighted by Crippen LogP contribution is 2.11. The Morgan fingerprint density at radius 1 is 1.44 bits per heavy atom. The second-order valence-corrected chi connectivity index (χ2v) is 3.05. The predicted molar refractivity (Wildman–Crippen MR) is 57.7 cm³/mol. The third-order valence-corrected chi connectivity index (χ3v) is 1.81. The highest BCUT2D eigenvalue weighted by molar-refractivity contribution is 6.34. The monoisotopic (exact) mass is 221 g/mol. The molecule has 0 aliphatic heterocycles. The van der Waals surface area contributed by atoms with E-state index in [-0.39, 0.29) is 5.75 Å². The van der Waals surface area contributed by atoms with Crippen molar-refractivity contribution in [3.8, 4) is 5.75 Å². The van der Waals surface area contributed by atoms with Gasteiger partial charge in [-0.2, -0.15) is 5.10 Å². The van der Waals surface area contributed by atoms with E-state index >= 15 is 0 Å². The molecule has 0 spiro atoms. The number of hydrazone groups is 1. The molecular formula is C10H11N3O3. The molecule has 84 valence electrons. The number of nitrogens with zero attached hydrogens (tertiary/aromatic N) is 1. The highest BCUT2D eigenvalue weighted by Gasteiger charge is 2.06. The summed E-state index contributed by atoms with van der Waals surface area (Å²) in [5.41, 5.74) is 7.80. The fourth-order valence-corrected chi connectivity index (χ4v) is 0.985. The summed E-state index contributed by atoms with van der Waals surface area (Å²) >= 11 is 0. The lowest BCUT2D eigenvalue weighted by molar-refractivity contribution is -0.137. The molecule has 0 heterocycles. The van der Waals surface area contributed by atoms with Gasteiger partial charge in [0.2, 0.25) is 0 Å². The van der Waals surface area contributed by atoms with E-state index in [0.717, 1.165) is 0 Å². The van der Waals surface area contributed by atoms with E-state index in [0.29, 0.717) is 11.3 Å². The number of primary amides is 1. The summed E-state index contributed by atoms with van der Waals surface area (Å²) in [7, 11) is 0. The molecule has 4 N–H and O–H groups in total. The van der Waals surface area contributed by atoms with Crippen molar-refractivity contribution in [2.75, 3.05) is 0 Å². The molecule has 0 aliphatic rings. The quantitative estimate of drug-likeness (QED) is 0.363. The van der Waals surface area contributed by atoms with Crippen molar-refractivity contribution in [3.63, 3.8) is 0 Å². The van der Waals surface area contributed by atoms with Crippen LogP contribution < -0.4 is 11.2 Å². The fourth-order valence-electron chi connectivity index (χ4n) is 0.985. The number of phenols is 1. The Hall–Kier alpha value is -2.37. The van der Waals surface area contributed by atoms with Gasteiger partial charge >= 0.3 is 11.8 Å². The minimum Gasteiger partial charge on any atom is -0.508 e. The third-order valence-electron chi connectivity index (χ3n) is 1.81. The summed E-state index contributed by atoms with van der Waals surface area (Å²) in [5.74, 6) is -2.00. The molecule has 1 aromatic rings. The zero-order valence-electron chi connectivity index (χ0n) is 8.60. The Morgan fingerprint density at radius 3 is 2.69 bits per heavy atom.